The maximum Gasteiger partial charge on any atom is 0.258 e. The number of rotatable bonds is 5. The molecule has 4 heterocycles. The van der Waals surface area contributed by atoms with Crippen LogP contribution in [0.1, 0.15) is 40.4 Å². The molecule has 0 radical (unpaired) electrons. The predicted molar refractivity (Wildman–Crippen MR) is 137 cm³/mol. The topological polar surface area (TPSA) is 90.5 Å². The molecule has 0 spiro atoms. The lowest BCUT2D eigenvalue weighted by Crippen LogP contribution is -2.39. The van der Waals surface area contributed by atoms with Gasteiger partial charge < -0.3 is 18.7 Å². The van der Waals surface area contributed by atoms with Gasteiger partial charge in [0.25, 0.3) is 5.56 Å². The zero-order valence-corrected chi connectivity index (χ0v) is 21.3. The van der Waals surface area contributed by atoms with Crippen LogP contribution in [0.3, 0.4) is 0 Å². The summed E-state index contributed by atoms with van der Waals surface area (Å²) in [6, 6.07) is 9.64. The van der Waals surface area contributed by atoms with Crippen molar-refractivity contribution in [1.29, 1.82) is 0 Å². The summed E-state index contributed by atoms with van der Waals surface area (Å²) in [6.45, 7) is 6.77. The molecule has 0 atom stereocenters. The van der Waals surface area contributed by atoms with Crippen LogP contribution in [0.2, 0.25) is 0 Å². The minimum Gasteiger partial charge on any atom is -0.494 e. The molecular weight excluding hydrogens is 456 g/mol. The Bertz CT molecular complexity index is 1530. The summed E-state index contributed by atoms with van der Waals surface area (Å²) in [7, 11) is 3.43. The molecule has 186 valence electrons. The highest BCUT2D eigenvalue weighted by atomic mass is 16.5. The van der Waals surface area contributed by atoms with Crippen LogP contribution >= 0.6 is 0 Å². The number of hydrogen-bond acceptors (Lipinski definition) is 6. The quantitative estimate of drug-likeness (QED) is 0.423. The van der Waals surface area contributed by atoms with Gasteiger partial charge in [0.15, 0.2) is 0 Å². The van der Waals surface area contributed by atoms with Gasteiger partial charge in [-0.2, -0.15) is 0 Å². The first kappa shape index (κ1) is 23.8. The summed E-state index contributed by atoms with van der Waals surface area (Å²) in [5.74, 6) is 1.52. The normalized spacial score (nSPS) is 13.2. The molecule has 0 saturated carbocycles. The zero-order chi connectivity index (χ0) is 25.6. The molecule has 1 aliphatic heterocycles. The third-order valence-electron chi connectivity index (χ3n) is 7.20. The van der Waals surface area contributed by atoms with Crippen molar-refractivity contribution in [2.24, 2.45) is 7.05 Å². The number of amides is 1. The molecular formula is C28H30N4O4. The summed E-state index contributed by atoms with van der Waals surface area (Å²) in [6.07, 6.45) is 1.64. The maximum atomic E-state index is 13.4. The van der Waals surface area contributed by atoms with Crippen molar-refractivity contribution in [3.8, 4) is 16.9 Å². The molecule has 36 heavy (non-hydrogen) atoms. The third-order valence-corrected chi connectivity index (χ3v) is 7.20. The van der Waals surface area contributed by atoms with Gasteiger partial charge in [0.2, 0.25) is 5.91 Å². The zero-order valence-electron chi connectivity index (χ0n) is 21.3. The number of nitrogens with zero attached hydrogens (tertiary/aromatic N) is 4. The first-order valence-corrected chi connectivity index (χ1v) is 12.1. The first-order chi connectivity index (χ1) is 17.3. The van der Waals surface area contributed by atoms with Crippen molar-refractivity contribution in [3.05, 3.63) is 74.7 Å². The number of benzene rings is 1. The number of carbonyl (C=O) groups excluding carboxylic acids is 1. The molecule has 8 nitrogen and oxygen atoms in total. The molecule has 0 unspecified atom stereocenters. The van der Waals surface area contributed by atoms with Crippen LogP contribution in [0.25, 0.3) is 22.0 Å². The third kappa shape index (κ3) is 4.06. The summed E-state index contributed by atoms with van der Waals surface area (Å²) in [5.41, 5.74) is 6.76. The summed E-state index contributed by atoms with van der Waals surface area (Å²) >= 11 is 0. The van der Waals surface area contributed by atoms with Gasteiger partial charge in [0.05, 0.1) is 12.8 Å². The fraction of sp³-hybridized carbons (Fsp3) is 0.357. The Morgan fingerprint density at radius 1 is 1.14 bits per heavy atom. The average Bonchev–Trinajstić information content (AvgIpc) is 3.20. The maximum absolute atomic E-state index is 13.4. The molecule has 1 aromatic carbocycles. The monoisotopic (exact) mass is 486 g/mol. The van der Waals surface area contributed by atoms with Crippen molar-refractivity contribution in [1.82, 2.24) is 19.6 Å². The van der Waals surface area contributed by atoms with Crippen molar-refractivity contribution in [2.75, 3.05) is 13.7 Å². The van der Waals surface area contributed by atoms with Gasteiger partial charge in [-0.15, -0.1) is 0 Å². The number of pyridine rings is 2. The Labute approximate surface area is 209 Å². The van der Waals surface area contributed by atoms with Crippen LogP contribution in [-0.2, 0) is 31.2 Å². The molecule has 8 heteroatoms. The van der Waals surface area contributed by atoms with E-state index in [1.165, 1.54) is 0 Å². The number of ether oxygens (including phenoxy) is 1. The lowest BCUT2D eigenvalue weighted by Gasteiger charge is -2.30. The van der Waals surface area contributed by atoms with E-state index in [0.717, 1.165) is 50.4 Å². The largest absolute Gasteiger partial charge is 0.494 e. The van der Waals surface area contributed by atoms with E-state index >= 15 is 0 Å². The lowest BCUT2D eigenvalue weighted by molar-refractivity contribution is -0.132. The molecule has 1 aliphatic rings. The van der Waals surface area contributed by atoms with E-state index in [9.17, 15) is 9.59 Å². The fourth-order valence-corrected chi connectivity index (χ4v) is 5.17. The molecule has 3 aromatic heterocycles. The van der Waals surface area contributed by atoms with Gasteiger partial charge in [-0.25, -0.2) is 4.98 Å². The predicted octanol–water partition coefficient (Wildman–Crippen LogP) is 4.04. The number of carbonyl (C=O) groups is 1. The van der Waals surface area contributed by atoms with Crippen LogP contribution in [0.5, 0.6) is 5.75 Å². The van der Waals surface area contributed by atoms with E-state index < -0.39 is 0 Å². The highest BCUT2D eigenvalue weighted by Gasteiger charge is 2.25. The number of fused-ring (bicyclic) bond motifs is 2. The molecule has 0 N–H and O–H groups in total. The highest BCUT2D eigenvalue weighted by molar-refractivity contribution is 5.98. The molecule has 0 aliphatic carbocycles. The molecule has 0 fully saturated rings. The lowest BCUT2D eigenvalue weighted by atomic mass is 9.96. The van der Waals surface area contributed by atoms with Crippen molar-refractivity contribution >= 4 is 16.8 Å². The van der Waals surface area contributed by atoms with Gasteiger partial charge in [0, 0.05) is 60.9 Å². The van der Waals surface area contributed by atoms with Crippen LogP contribution < -0.4 is 10.3 Å². The van der Waals surface area contributed by atoms with Crippen molar-refractivity contribution in [3.63, 3.8) is 0 Å². The smallest absolute Gasteiger partial charge is 0.258 e. The van der Waals surface area contributed by atoms with Gasteiger partial charge >= 0.3 is 0 Å². The van der Waals surface area contributed by atoms with Crippen LogP contribution in [0, 0.1) is 20.8 Å². The Kier molecular flexibility index (Phi) is 6.12. The van der Waals surface area contributed by atoms with E-state index in [1.54, 1.807) is 11.7 Å². The number of aryl methyl sites for hydroxylation is 3. The Balaban J connectivity index is 1.48. The first-order valence-electron chi connectivity index (χ1n) is 12.1. The Hall–Kier alpha value is -3.94. The van der Waals surface area contributed by atoms with E-state index in [1.807, 2.05) is 63.1 Å². The van der Waals surface area contributed by atoms with Gasteiger partial charge in [-0.1, -0.05) is 11.2 Å². The standard InChI is InChI=1S/C28H30N4O4/c1-16-6-7-22-21(8-10-25(35-5)27(22)29-16)23-14-19-15-32(13-12-24(19)31(4)28(23)34)26(33)11-9-20-17(2)30-36-18(20)3/h6-8,10,14H,9,11-13,15H2,1-5H3. The second kappa shape index (κ2) is 9.26. The van der Waals surface area contributed by atoms with Gasteiger partial charge in [0.1, 0.15) is 17.0 Å². The summed E-state index contributed by atoms with van der Waals surface area (Å²) < 4.78 is 12.5. The summed E-state index contributed by atoms with van der Waals surface area (Å²) in [5, 5.41) is 4.85. The molecule has 5 rings (SSSR count). The number of aromatic nitrogens is 3. The van der Waals surface area contributed by atoms with E-state index in [0.29, 0.717) is 43.7 Å². The minimum atomic E-state index is -0.0565. The molecule has 4 aromatic rings. The van der Waals surface area contributed by atoms with E-state index in [4.69, 9.17) is 9.26 Å². The van der Waals surface area contributed by atoms with Crippen LogP contribution in [0.4, 0.5) is 0 Å². The molecule has 1 amide bonds. The van der Waals surface area contributed by atoms with Crippen LogP contribution in [-0.4, -0.2) is 39.2 Å². The van der Waals surface area contributed by atoms with Crippen molar-refractivity contribution in [2.45, 2.75) is 46.6 Å². The number of methoxy groups -OCH3 is 1. The molecule has 0 bridgehead atoms. The van der Waals surface area contributed by atoms with Crippen molar-refractivity contribution < 1.29 is 14.1 Å². The fourth-order valence-electron chi connectivity index (χ4n) is 5.17. The number of hydrogen-bond donors (Lipinski definition) is 0. The summed E-state index contributed by atoms with van der Waals surface area (Å²) in [4.78, 5) is 33.1. The van der Waals surface area contributed by atoms with Gasteiger partial charge in [-0.05, 0) is 62.6 Å². The minimum absolute atomic E-state index is 0.0565. The van der Waals surface area contributed by atoms with Gasteiger partial charge in [-0.3, -0.25) is 9.59 Å². The van der Waals surface area contributed by atoms with Crippen LogP contribution in [0.15, 0.2) is 39.6 Å². The highest BCUT2D eigenvalue weighted by Crippen LogP contribution is 2.33. The Morgan fingerprint density at radius 3 is 2.67 bits per heavy atom. The van der Waals surface area contributed by atoms with E-state index in [2.05, 4.69) is 10.1 Å². The average molecular weight is 487 g/mol. The Morgan fingerprint density at radius 2 is 1.94 bits per heavy atom. The SMILES string of the molecule is COc1ccc(-c2cc3c(n(C)c2=O)CCN(C(=O)CCc2c(C)noc2C)C3)c2ccc(C)nc12. The van der Waals surface area contributed by atoms with E-state index in [-0.39, 0.29) is 11.5 Å². The molecule has 0 saturated heterocycles. The second-order valence-corrected chi connectivity index (χ2v) is 9.43. The second-order valence-electron chi connectivity index (χ2n) is 9.43.